The summed E-state index contributed by atoms with van der Waals surface area (Å²) in [7, 11) is 0. The van der Waals surface area contributed by atoms with E-state index < -0.39 is 24.2 Å². The molecule has 0 aliphatic heterocycles. The Morgan fingerprint density at radius 1 is 1.29 bits per heavy atom. The van der Waals surface area contributed by atoms with Gasteiger partial charge in [0.25, 0.3) is 5.91 Å². The number of nitrogens with zero attached hydrogens (tertiary/aromatic N) is 2. The topological polar surface area (TPSA) is 96.5 Å². The Morgan fingerprint density at radius 2 is 2.00 bits per heavy atom. The molecule has 0 radical (unpaired) electrons. The number of benzene rings is 1. The predicted octanol–water partition coefficient (Wildman–Crippen LogP) is 1.53. The normalized spacial score (nSPS) is 10.1. The summed E-state index contributed by atoms with van der Waals surface area (Å²) in [5.41, 5.74) is 6.20. The van der Waals surface area contributed by atoms with Crippen molar-refractivity contribution < 1.29 is 19.1 Å². The zero-order chi connectivity index (χ0) is 15.4. The van der Waals surface area contributed by atoms with Gasteiger partial charge in [0.2, 0.25) is 0 Å². The van der Waals surface area contributed by atoms with Gasteiger partial charge >= 0.3 is 5.97 Å². The number of halogens is 1. The van der Waals surface area contributed by atoms with E-state index in [0.717, 1.165) is 17.2 Å². The number of hydrogen-bond donors (Lipinski definition) is 2. The molecule has 0 saturated carbocycles. The second-order valence-electron chi connectivity index (χ2n) is 4.24. The highest BCUT2D eigenvalue weighted by Crippen LogP contribution is 2.24. The van der Waals surface area contributed by atoms with Gasteiger partial charge < -0.3 is 10.8 Å². The fourth-order valence-electron chi connectivity index (χ4n) is 1.82. The molecule has 1 aromatic heterocycles. The van der Waals surface area contributed by atoms with Gasteiger partial charge in [-0.15, -0.1) is 0 Å². The third-order valence-electron chi connectivity index (χ3n) is 2.72. The van der Waals surface area contributed by atoms with Gasteiger partial charge in [0.15, 0.2) is 0 Å². The van der Waals surface area contributed by atoms with Crippen LogP contribution in [0.15, 0.2) is 42.7 Å². The number of carbonyl (C=O) groups is 2. The summed E-state index contributed by atoms with van der Waals surface area (Å²) in [6.07, 6.45) is 2.12. The third kappa shape index (κ3) is 3.33. The number of carboxylic acids is 1. The molecule has 0 atom stereocenters. The quantitative estimate of drug-likeness (QED) is 0.832. The van der Waals surface area contributed by atoms with Gasteiger partial charge in [-0.1, -0.05) is 12.1 Å². The first-order valence-electron chi connectivity index (χ1n) is 5.97. The van der Waals surface area contributed by atoms with Crippen LogP contribution in [-0.4, -0.2) is 28.5 Å². The van der Waals surface area contributed by atoms with Crippen LogP contribution in [0.3, 0.4) is 0 Å². The lowest BCUT2D eigenvalue weighted by Gasteiger charge is -2.22. The summed E-state index contributed by atoms with van der Waals surface area (Å²) in [4.78, 5) is 27.9. The van der Waals surface area contributed by atoms with Gasteiger partial charge in [0.05, 0.1) is 23.1 Å². The van der Waals surface area contributed by atoms with Crippen LogP contribution in [0.5, 0.6) is 0 Å². The number of amides is 1. The van der Waals surface area contributed by atoms with E-state index in [-0.39, 0.29) is 16.9 Å². The first-order valence-corrected chi connectivity index (χ1v) is 5.97. The molecule has 7 heteroatoms. The van der Waals surface area contributed by atoms with Crippen molar-refractivity contribution in [3.8, 4) is 0 Å². The van der Waals surface area contributed by atoms with E-state index in [0.29, 0.717) is 0 Å². The van der Waals surface area contributed by atoms with Crippen LogP contribution in [0.4, 0.5) is 15.8 Å². The molecular weight excluding hydrogens is 277 g/mol. The Kier molecular flexibility index (Phi) is 4.13. The number of rotatable bonds is 4. The Morgan fingerprint density at radius 3 is 2.62 bits per heavy atom. The van der Waals surface area contributed by atoms with Crippen LogP contribution in [0.2, 0.25) is 0 Å². The van der Waals surface area contributed by atoms with E-state index in [4.69, 9.17) is 10.8 Å². The van der Waals surface area contributed by atoms with Crippen LogP contribution in [0, 0.1) is 5.82 Å². The van der Waals surface area contributed by atoms with Crippen molar-refractivity contribution in [1.29, 1.82) is 0 Å². The number of hydrogen-bond acceptors (Lipinski definition) is 4. The molecule has 0 unspecified atom stereocenters. The zero-order valence-electron chi connectivity index (χ0n) is 10.9. The maximum Gasteiger partial charge on any atom is 0.323 e. The average Bonchev–Trinajstić information content (AvgIpc) is 2.45. The van der Waals surface area contributed by atoms with Crippen molar-refractivity contribution in [3.05, 3.63) is 54.1 Å². The number of para-hydroxylation sites is 2. The van der Waals surface area contributed by atoms with Gasteiger partial charge in [-0.3, -0.25) is 19.5 Å². The largest absolute Gasteiger partial charge is 0.480 e. The Bertz CT molecular complexity index is 691. The molecule has 1 aromatic carbocycles. The molecule has 0 aliphatic carbocycles. The maximum atomic E-state index is 13.2. The number of nitrogen functional groups attached to an aromatic ring is 1. The molecule has 0 aliphatic rings. The first-order chi connectivity index (χ1) is 9.99. The highest BCUT2D eigenvalue weighted by molar-refractivity contribution is 6.09. The predicted molar refractivity (Wildman–Crippen MR) is 74.4 cm³/mol. The van der Waals surface area contributed by atoms with E-state index in [1.807, 2.05) is 0 Å². The second kappa shape index (κ2) is 6.00. The minimum atomic E-state index is -1.21. The van der Waals surface area contributed by atoms with Crippen molar-refractivity contribution in [1.82, 2.24) is 4.98 Å². The molecule has 2 aromatic rings. The standard InChI is InChI=1S/C14H12FN3O3/c15-10-5-9(6-17-7-10)14(21)18(8-13(19)20)12-4-2-1-3-11(12)16/h1-7H,8,16H2,(H,19,20). The Labute approximate surface area is 119 Å². The molecule has 6 nitrogen and oxygen atoms in total. The SMILES string of the molecule is Nc1ccccc1N(CC(=O)O)C(=O)c1cncc(F)c1. The monoisotopic (exact) mass is 289 g/mol. The van der Waals surface area contributed by atoms with E-state index in [9.17, 15) is 14.0 Å². The van der Waals surface area contributed by atoms with E-state index in [2.05, 4.69) is 4.98 Å². The van der Waals surface area contributed by atoms with Gasteiger partial charge in [0, 0.05) is 6.20 Å². The van der Waals surface area contributed by atoms with Crippen molar-refractivity contribution in [2.45, 2.75) is 0 Å². The minimum absolute atomic E-state index is 0.0560. The molecular formula is C14H12FN3O3. The highest BCUT2D eigenvalue weighted by atomic mass is 19.1. The molecule has 3 N–H and O–H groups in total. The molecule has 1 heterocycles. The molecule has 0 saturated heterocycles. The molecule has 0 spiro atoms. The van der Waals surface area contributed by atoms with Crippen molar-refractivity contribution >= 4 is 23.3 Å². The first kappa shape index (κ1) is 14.4. The molecule has 1 amide bonds. The van der Waals surface area contributed by atoms with Gasteiger partial charge in [-0.2, -0.15) is 0 Å². The van der Waals surface area contributed by atoms with Crippen LogP contribution in [0.25, 0.3) is 0 Å². The van der Waals surface area contributed by atoms with Crippen LogP contribution in [0.1, 0.15) is 10.4 Å². The number of carbonyl (C=O) groups excluding carboxylic acids is 1. The summed E-state index contributed by atoms with van der Waals surface area (Å²) >= 11 is 0. The fourth-order valence-corrected chi connectivity index (χ4v) is 1.82. The summed E-state index contributed by atoms with van der Waals surface area (Å²) in [6.45, 7) is -0.594. The molecule has 0 bridgehead atoms. The Balaban J connectivity index is 2.43. The van der Waals surface area contributed by atoms with Crippen molar-refractivity contribution in [2.75, 3.05) is 17.2 Å². The molecule has 21 heavy (non-hydrogen) atoms. The zero-order valence-corrected chi connectivity index (χ0v) is 10.9. The van der Waals surface area contributed by atoms with E-state index in [1.165, 1.54) is 12.3 Å². The minimum Gasteiger partial charge on any atom is -0.480 e. The maximum absolute atomic E-state index is 13.2. The lowest BCUT2D eigenvalue weighted by atomic mass is 10.2. The summed E-state index contributed by atoms with van der Waals surface area (Å²) in [5, 5.41) is 8.96. The average molecular weight is 289 g/mol. The van der Waals surface area contributed by atoms with Crippen LogP contribution >= 0.6 is 0 Å². The van der Waals surface area contributed by atoms with Gasteiger partial charge in [-0.25, -0.2) is 4.39 Å². The number of aromatic nitrogens is 1. The smallest absolute Gasteiger partial charge is 0.323 e. The third-order valence-corrected chi connectivity index (χ3v) is 2.72. The second-order valence-corrected chi connectivity index (χ2v) is 4.24. The van der Waals surface area contributed by atoms with E-state index in [1.54, 1.807) is 18.2 Å². The summed E-state index contributed by atoms with van der Waals surface area (Å²) < 4.78 is 13.2. The molecule has 0 fully saturated rings. The number of carboxylic acid groups (broad SMARTS) is 1. The van der Waals surface area contributed by atoms with Gasteiger partial charge in [0.1, 0.15) is 12.4 Å². The van der Waals surface area contributed by atoms with Crippen molar-refractivity contribution in [3.63, 3.8) is 0 Å². The lowest BCUT2D eigenvalue weighted by molar-refractivity contribution is -0.135. The molecule has 108 valence electrons. The fraction of sp³-hybridized carbons (Fsp3) is 0.0714. The Hall–Kier alpha value is -2.96. The highest BCUT2D eigenvalue weighted by Gasteiger charge is 2.22. The summed E-state index contributed by atoms with van der Waals surface area (Å²) in [6, 6.07) is 7.33. The number of pyridine rings is 1. The number of nitrogens with two attached hydrogens (primary N) is 1. The molecule has 2 rings (SSSR count). The van der Waals surface area contributed by atoms with E-state index >= 15 is 0 Å². The summed E-state index contributed by atoms with van der Waals surface area (Å²) in [5.74, 6) is -2.59. The van der Waals surface area contributed by atoms with Crippen molar-refractivity contribution in [2.24, 2.45) is 0 Å². The number of aliphatic carboxylic acids is 1. The number of anilines is 2. The van der Waals surface area contributed by atoms with Crippen LogP contribution in [-0.2, 0) is 4.79 Å². The lowest BCUT2D eigenvalue weighted by Crippen LogP contribution is -2.36. The van der Waals surface area contributed by atoms with Gasteiger partial charge in [-0.05, 0) is 18.2 Å². The van der Waals surface area contributed by atoms with Crippen LogP contribution < -0.4 is 10.6 Å².